The predicted molar refractivity (Wildman–Crippen MR) is 95.8 cm³/mol. The van der Waals surface area contributed by atoms with Crippen molar-refractivity contribution in [2.45, 2.75) is 24.7 Å². The second kappa shape index (κ2) is 8.75. The van der Waals surface area contributed by atoms with Crippen LogP contribution in [0.4, 0.5) is 0 Å². The highest BCUT2D eigenvalue weighted by atomic mass is 32.2. The fourth-order valence-corrected chi connectivity index (χ4v) is 4.00. The van der Waals surface area contributed by atoms with E-state index >= 15 is 0 Å². The first kappa shape index (κ1) is 19.8. The van der Waals surface area contributed by atoms with Gasteiger partial charge in [-0.1, -0.05) is 17.7 Å². The molecule has 0 atom stereocenters. The summed E-state index contributed by atoms with van der Waals surface area (Å²) in [5.41, 5.74) is 0.465. The van der Waals surface area contributed by atoms with Gasteiger partial charge in [0.15, 0.2) is 0 Å². The van der Waals surface area contributed by atoms with E-state index in [1.54, 1.807) is 31.4 Å². The van der Waals surface area contributed by atoms with Gasteiger partial charge in [-0.3, -0.25) is 4.79 Å². The molecule has 0 saturated carbocycles. The summed E-state index contributed by atoms with van der Waals surface area (Å²) in [4.78, 5) is 12.8. The van der Waals surface area contributed by atoms with Crippen molar-refractivity contribution in [3.05, 3.63) is 29.8 Å². The van der Waals surface area contributed by atoms with Gasteiger partial charge >= 0.3 is 0 Å². The third-order valence-corrected chi connectivity index (χ3v) is 5.97. The minimum absolute atomic E-state index is 0.0783. The Hall–Kier alpha value is -1.48. The average molecular weight is 369 g/mol. The van der Waals surface area contributed by atoms with Crippen molar-refractivity contribution < 1.29 is 17.9 Å². The highest BCUT2D eigenvalue weighted by Crippen LogP contribution is 2.29. The molecule has 1 saturated heterocycles. The first-order valence-electron chi connectivity index (χ1n) is 8.44. The van der Waals surface area contributed by atoms with E-state index in [1.165, 1.54) is 0 Å². The fraction of sp³-hybridized carbons (Fsp3) is 0.588. The SMILES string of the molecule is COCC1(C(=O)NCCNS(=O)(=O)c2ccc(C)cc2)CCNCC1. The number of hydrogen-bond donors (Lipinski definition) is 3. The largest absolute Gasteiger partial charge is 0.384 e. The lowest BCUT2D eigenvalue weighted by Crippen LogP contribution is -2.51. The maximum atomic E-state index is 12.5. The standard InChI is InChI=1S/C17H27N3O4S/c1-14-3-5-15(6-4-14)25(22,23)20-12-11-19-16(21)17(13-24-2)7-9-18-10-8-17/h3-6,18,20H,7-13H2,1-2H3,(H,19,21). The van der Waals surface area contributed by atoms with Crippen molar-refractivity contribution in [3.8, 4) is 0 Å². The first-order chi connectivity index (χ1) is 11.9. The van der Waals surface area contributed by atoms with E-state index < -0.39 is 15.4 Å². The lowest BCUT2D eigenvalue weighted by Gasteiger charge is -2.35. The molecular weight excluding hydrogens is 342 g/mol. The van der Waals surface area contributed by atoms with E-state index in [9.17, 15) is 13.2 Å². The molecule has 2 rings (SSSR count). The molecule has 140 valence electrons. The Morgan fingerprint density at radius 2 is 1.84 bits per heavy atom. The third-order valence-electron chi connectivity index (χ3n) is 4.50. The Kier molecular flexibility index (Phi) is 6.95. The van der Waals surface area contributed by atoms with E-state index in [0.717, 1.165) is 18.7 Å². The molecule has 1 heterocycles. The molecule has 0 radical (unpaired) electrons. The highest BCUT2D eigenvalue weighted by molar-refractivity contribution is 7.89. The van der Waals surface area contributed by atoms with Crippen molar-refractivity contribution in [2.24, 2.45) is 5.41 Å². The van der Waals surface area contributed by atoms with Crippen LogP contribution in [-0.4, -0.2) is 54.2 Å². The van der Waals surface area contributed by atoms with Gasteiger partial charge in [0.1, 0.15) is 0 Å². The lowest BCUT2D eigenvalue weighted by molar-refractivity contribution is -0.136. The molecule has 0 unspecified atom stereocenters. The average Bonchev–Trinajstić information content (AvgIpc) is 2.60. The monoisotopic (exact) mass is 369 g/mol. The van der Waals surface area contributed by atoms with Crippen LogP contribution in [0.2, 0.25) is 0 Å². The number of rotatable bonds is 8. The van der Waals surface area contributed by atoms with Crippen LogP contribution in [0.3, 0.4) is 0 Å². The maximum Gasteiger partial charge on any atom is 0.240 e. The quantitative estimate of drug-likeness (QED) is 0.577. The molecule has 0 aliphatic carbocycles. The van der Waals surface area contributed by atoms with Crippen molar-refractivity contribution in [1.82, 2.24) is 15.4 Å². The maximum absolute atomic E-state index is 12.5. The lowest BCUT2D eigenvalue weighted by atomic mass is 9.78. The topological polar surface area (TPSA) is 96.5 Å². The summed E-state index contributed by atoms with van der Waals surface area (Å²) in [5, 5.41) is 6.07. The van der Waals surface area contributed by atoms with Crippen molar-refractivity contribution in [3.63, 3.8) is 0 Å². The molecule has 8 heteroatoms. The second-order valence-electron chi connectivity index (χ2n) is 6.43. The molecule has 3 N–H and O–H groups in total. The van der Waals surface area contributed by atoms with Gasteiger partial charge in [-0.15, -0.1) is 0 Å². The summed E-state index contributed by atoms with van der Waals surface area (Å²) >= 11 is 0. The van der Waals surface area contributed by atoms with Gasteiger partial charge in [0.25, 0.3) is 0 Å². The van der Waals surface area contributed by atoms with E-state index in [1.807, 2.05) is 6.92 Å². The number of hydrogen-bond acceptors (Lipinski definition) is 5. The Morgan fingerprint density at radius 1 is 1.20 bits per heavy atom. The zero-order valence-corrected chi connectivity index (χ0v) is 15.6. The summed E-state index contributed by atoms with van der Waals surface area (Å²) in [6, 6.07) is 6.64. The summed E-state index contributed by atoms with van der Waals surface area (Å²) in [5.74, 6) is -0.0783. The van der Waals surface area contributed by atoms with Gasteiger partial charge < -0.3 is 15.4 Å². The van der Waals surface area contributed by atoms with Gasteiger partial charge in [-0.05, 0) is 45.0 Å². The molecule has 7 nitrogen and oxygen atoms in total. The van der Waals surface area contributed by atoms with Gasteiger partial charge in [0.2, 0.25) is 15.9 Å². The smallest absolute Gasteiger partial charge is 0.240 e. The molecule has 1 aromatic carbocycles. The van der Waals surface area contributed by atoms with Gasteiger partial charge in [-0.25, -0.2) is 13.1 Å². The van der Waals surface area contributed by atoms with Crippen LogP contribution in [0.5, 0.6) is 0 Å². The van der Waals surface area contributed by atoms with Gasteiger partial charge in [-0.2, -0.15) is 0 Å². The van der Waals surface area contributed by atoms with E-state index in [2.05, 4.69) is 15.4 Å². The zero-order valence-electron chi connectivity index (χ0n) is 14.8. The minimum Gasteiger partial charge on any atom is -0.384 e. The van der Waals surface area contributed by atoms with Crippen LogP contribution in [0.1, 0.15) is 18.4 Å². The number of carbonyl (C=O) groups excluding carboxylic acids is 1. The van der Waals surface area contributed by atoms with E-state index in [4.69, 9.17) is 4.74 Å². The molecule has 1 aromatic rings. The molecule has 1 fully saturated rings. The van der Waals surface area contributed by atoms with Crippen LogP contribution in [0, 0.1) is 12.3 Å². The summed E-state index contributed by atoms with van der Waals surface area (Å²) in [6.07, 6.45) is 1.42. The number of benzene rings is 1. The molecule has 1 aliphatic heterocycles. The number of amides is 1. The molecule has 0 aromatic heterocycles. The molecular formula is C17H27N3O4S. The third kappa shape index (κ3) is 5.24. The fourth-order valence-electron chi connectivity index (χ4n) is 2.97. The van der Waals surface area contributed by atoms with Crippen LogP contribution < -0.4 is 15.4 Å². The number of carbonyl (C=O) groups is 1. The highest BCUT2D eigenvalue weighted by Gasteiger charge is 2.39. The van der Waals surface area contributed by atoms with Gasteiger partial charge in [0, 0.05) is 20.2 Å². The number of methoxy groups -OCH3 is 1. The normalized spacial score (nSPS) is 17.2. The van der Waals surface area contributed by atoms with Crippen LogP contribution in [-0.2, 0) is 19.6 Å². The van der Waals surface area contributed by atoms with Crippen LogP contribution in [0.25, 0.3) is 0 Å². The van der Waals surface area contributed by atoms with Crippen LogP contribution >= 0.6 is 0 Å². The molecule has 0 bridgehead atoms. The molecule has 1 aliphatic rings. The van der Waals surface area contributed by atoms with Crippen LogP contribution in [0.15, 0.2) is 29.2 Å². The number of sulfonamides is 1. The van der Waals surface area contributed by atoms with Crippen molar-refractivity contribution in [2.75, 3.05) is 39.9 Å². The van der Waals surface area contributed by atoms with E-state index in [-0.39, 0.29) is 23.9 Å². The second-order valence-corrected chi connectivity index (χ2v) is 8.20. The molecule has 1 amide bonds. The number of piperidine rings is 1. The zero-order chi connectivity index (χ0) is 18.3. The number of aryl methyl sites for hydroxylation is 1. The summed E-state index contributed by atoms with van der Waals surface area (Å²) in [7, 11) is -1.97. The Morgan fingerprint density at radius 3 is 2.44 bits per heavy atom. The number of ether oxygens (including phenoxy) is 1. The molecule has 0 spiro atoms. The predicted octanol–water partition coefficient (Wildman–Crippen LogP) is 0.406. The Bertz CT molecular complexity index is 662. The molecule has 25 heavy (non-hydrogen) atoms. The van der Waals surface area contributed by atoms with Crippen molar-refractivity contribution in [1.29, 1.82) is 0 Å². The minimum atomic E-state index is -3.56. The summed E-state index contributed by atoms with van der Waals surface area (Å²) in [6.45, 7) is 4.20. The van der Waals surface area contributed by atoms with E-state index in [0.29, 0.717) is 19.4 Å². The Balaban J connectivity index is 1.85. The van der Waals surface area contributed by atoms with Crippen molar-refractivity contribution >= 4 is 15.9 Å². The summed E-state index contributed by atoms with van der Waals surface area (Å²) < 4.78 is 32.2. The first-order valence-corrected chi connectivity index (χ1v) is 9.92. The van der Waals surface area contributed by atoms with Gasteiger partial charge in [0.05, 0.1) is 16.9 Å². The Labute approximate surface area is 149 Å². The number of nitrogens with one attached hydrogen (secondary N) is 3.